The highest BCUT2D eigenvalue weighted by Crippen LogP contribution is 2.43. The lowest BCUT2D eigenvalue weighted by molar-refractivity contribution is 0.803. The van der Waals surface area contributed by atoms with Crippen LogP contribution in [0, 0.1) is 17.9 Å². The second kappa shape index (κ2) is 9.72. The molecule has 172 valence electrons. The monoisotopic (exact) mass is 440 g/mol. The lowest BCUT2D eigenvalue weighted by atomic mass is 9.90. The zero-order valence-electron chi connectivity index (χ0n) is 21.3. The average Bonchev–Trinajstić information content (AvgIpc) is 3.26. The summed E-state index contributed by atoms with van der Waals surface area (Å²) in [7, 11) is 0. The number of hydrogen-bond donors (Lipinski definition) is 0. The first-order valence-electron chi connectivity index (χ1n) is 11.9. The summed E-state index contributed by atoms with van der Waals surface area (Å²) in [5, 5.41) is 9.60. The Morgan fingerprint density at radius 2 is 1.09 bits per heavy atom. The van der Waals surface area contributed by atoms with Gasteiger partial charge in [-0.15, -0.1) is 0 Å². The number of nitrogens with zero attached hydrogens (tertiary/aromatic N) is 4. The van der Waals surface area contributed by atoms with Gasteiger partial charge in [0.25, 0.3) is 0 Å². The van der Waals surface area contributed by atoms with Gasteiger partial charge in [0.05, 0.1) is 24.9 Å². The predicted octanol–water partition coefficient (Wildman–Crippen LogP) is 8.36. The fourth-order valence-electron chi connectivity index (χ4n) is 4.61. The highest BCUT2D eigenvalue weighted by Gasteiger charge is 2.27. The summed E-state index contributed by atoms with van der Waals surface area (Å²) in [5.74, 6) is 1.25. The molecule has 4 heteroatoms. The van der Waals surface area contributed by atoms with Crippen molar-refractivity contribution in [2.24, 2.45) is 0 Å². The summed E-state index contributed by atoms with van der Waals surface area (Å²) < 4.78 is 0. The molecule has 0 saturated heterocycles. The van der Waals surface area contributed by atoms with Gasteiger partial charge in [-0.05, 0) is 58.1 Å². The van der Waals surface area contributed by atoms with E-state index in [2.05, 4.69) is 101 Å². The third-order valence-corrected chi connectivity index (χ3v) is 6.37. The van der Waals surface area contributed by atoms with Gasteiger partial charge >= 0.3 is 0 Å². The lowest BCUT2D eigenvalue weighted by Gasteiger charge is -2.31. The molecule has 2 aromatic carbocycles. The molecule has 4 nitrogen and oxygen atoms in total. The van der Waals surface area contributed by atoms with E-state index in [0.717, 1.165) is 5.56 Å². The van der Waals surface area contributed by atoms with Crippen LogP contribution in [0.2, 0.25) is 0 Å². The normalized spacial score (nSPS) is 13.5. The summed E-state index contributed by atoms with van der Waals surface area (Å²) in [6.45, 7) is 25.8. The highest BCUT2D eigenvalue weighted by atomic mass is 15.3. The van der Waals surface area contributed by atoms with Gasteiger partial charge in [0.1, 0.15) is 0 Å². The summed E-state index contributed by atoms with van der Waals surface area (Å²) in [4.78, 5) is 8.39. The van der Waals surface area contributed by atoms with E-state index in [1.54, 1.807) is 0 Å². The van der Waals surface area contributed by atoms with Gasteiger partial charge in [0.2, 0.25) is 0 Å². The first-order valence-corrected chi connectivity index (χ1v) is 11.9. The maximum Gasteiger partial charge on any atom is 0.187 e. The topological polar surface area (TPSA) is 34.6 Å². The minimum atomic E-state index is 0.309. The maximum atomic E-state index is 9.60. The van der Waals surface area contributed by atoms with Crippen molar-refractivity contribution in [1.29, 1.82) is 5.26 Å². The van der Waals surface area contributed by atoms with Crippen LogP contribution in [-0.4, -0.2) is 6.67 Å². The Balaban J connectivity index is 2.13. The standard InChI is InChI=1S/C29H36N4/c1-18(2)24-12-22(16-30)13-25(19(3)4)28(24)32-10-11-33(17-32)29-26(20(5)6)14-23(31-9)15-27(29)21(7)8/h10-15,18-21H,17H2,1-8H3. The van der Waals surface area contributed by atoms with Crippen LogP contribution in [0.3, 0.4) is 0 Å². The first kappa shape index (κ1) is 24.4. The summed E-state index contributed by atoms with van der Waals surface area (Å²) in [6, 6.07) is 10.5. The summed E-state index contributed by atoms with van der Waals surface area (Å²) in [6.07, 6.45) is 4.33. The van der Waals surface area contributed by atoms with E-state index in [1.807, 2.05) is 12.1 Å². The lowest BCUT2D eigenvalue weighted by Crippen LogP contribution is -2.28. The predicted molar refractivity (Wildman–Crippen MR) is 139 cm³/mol. The van der Waals surface area contributed by atoms with Gasteiger partial charge < -0.3 is 9.80 Å². The van der Waals surface area contributed by atoms with Crippen molar-refractivity contribution in [2.45, 2.75) is 79.1 Å². The van der Waals surface area contributed by atoms with Gasteiger partial charge in [0.15, 0.2) is 5.69 Å². The molecule has 33 heavy (non-hydrogen) atoms. The Kier molecular flexibility index (Phi) is 7.19. The van der Waals surface area contributed by atoms with Crippen LogP contribution >= 0.6 is 0 Å². The molecule has 1 heterocycles. The maximum absolute atomic E-state index is 9.60. The molecule has 1 aliphatic heterocycles. The summed E-state index contributed by atoms with van der Waals surface area (Å²) in [5.41, 5.74) is 8.72. The molecule has 0 saturated carbocycles. The smallest absolute Gasteiger partial charge is 0.187 e. The van der Waals surface area contributed by atoms with E-state index >= 15 is 0 Å². The molecule has 3 rings (SSSR count). The Morgan fingerprint density at radius 3 is 1.39 bits per heavy atom. The van der Waals surface area contributed by atoms with E-state index < -0.39 is 0 Å². The Bertz CT molecular complexity index is 992. The van der Waals surface area contributed by atoms with Gasteiger partial charge in [-0.2, -0.15) is 5.26 Å². The van der Waals surface area contributed by atoms with E-state index in [9.17, 15) is 5.26 Å². The van der Waals surface area contributed by atoms with Crippen LogP contribution in [0.5, 0.6) is 0 Å². The number of benzene rings is 2. The molecule has 0 spiro atoms. The van der Waals surface area contributed by atoms with Crippen LogP contribution < -0.4 is 9.80 Å². The fraction of sp³-hybridized carbons (Fsp3) is 0.448. The SMILES string of the molecule is [C-]#[N+]c1cc(C(C)C)c(N2C=CN(c3c(C(C)C)cc(C#N)cc3C(C)C)C2)c(C(C)C)c1. The van der Waals surface area contributed by atoms with Crippen LogP contribution in [0.1, 0.15) is 107 Å². The second-order valence-corrected chi connectivity index (χ2v) is 10.2. The van der Waals surface area contributed by atoms with Crippen molar-refractivity contribution in [3.8, 4) is 6.07 Å². The third kappa shape index (κ3) is 4.76. The molecule has 0 amide bonds. The van der Waals surface area contributed by atoms with E-state index in [4.69, 9.17) is 6.57 Å². The average molecular weight is 441 g/mol. The first-order chi connectivity index (χ1) is 15.6. The number of anilines is 2. The molecule has 1 aliphatic rings. The third-order valence-electron chi connectivity index (χ3n) is 6.37. The molecule has 0 atom stereocenters. The Labute approximate surface area is 200 Å². The molecule has 0 unspecified atom stereocenters. The van der Waals surface area contributed by atoms with Gasteiger partial charge in [-0.3, -0.25) is 0 Å². The van der Waals surface area contributed by atoms with Crippen molar-refractivity contribution < 1.29 is 0 Å². The Hall–Kier alpha value is -3.24. The fourth-order valence-corrected chi connectivity index (χ4v) is 4.61. The van der Waals surface area contributed by atoms with Crippen molar-refractivity contribution >= 4 is 17.1 Å². The minimum Gasteiger partial charge on any atom is -0.328 e. The Morgan fingerprint density at radius 1 is 0.727 bits per heavy atom. The molecule has 0 radical (unpaired) electrons. The van der Waals surface area contributed by atoms with Crippen LogP contribution in [0.25, 0.3) is 4.85 Å². The van der Waals surface area contributed by atoms with Crippen LogP contribution in [0.4, 0.5) is 17.1 Å². The number of hydrogen-bond acceptors (Lipinski definition) is 3. The van der Waals surface area contributed by atoms with Crippen LogP contribution in [-0.2, 0) is 0 Å². The van der Waals surface area contributed by atoms with E-state index in [0.29, 0.717) is 36.0 Å². The van der Waals surface area contributed by atoms with Gasteiger partial charge in [-0.25, -0.2) is 4.85 Å². The molecular formula is C29H36N4. The van der Waals surface area contributed by atoms with Gasteiger partial charge in [-0.1, -0.05) is 67.5 Å². The van der Waals surface area contributed by atoms with Crippen LogP contribution in [0.15, 0.2) is 36.7 Å². The van der Waals surface area contributed by atoms with Crippen molar-refractivity contribution in [3.63, 3.8) is 0 Å². The number of rotatable bonds is 6. The van der Waals surface area contributed by atoms with E-state index in [1.165, 1.54) is 33.6 Å². The molecule has 0 bridgehead atoms. The molecular weight excluding hydrogens is 404 g/mol. The molecule has 0 aliphatic carbocycles. The molecule has 2 aromatic rings. The van der Waals surface area contributed by atoms with Crippen molar-refractivity contribution in [2.75, 3.05) is 16.5 Å². The van der Waals surface area contributed by atoms with Gasteiger partial charge in [0, 0.05) is 23.8 Å². The molecule has 0 N–H and O–H groups in total. The minimum absolute atomic E-state index is 0.309. The quantitative estimate of drug-likeness (QED) is 0.423. The van der Waals surface area contributed by atoms with Crippen molar-refractivity contribution in [3.05, 3.63) is 75.9 Å². The highest BCUT2D eigenvalue weighted by molar-refractivity contribution is 5.74. The zero-order valence-corrected chi connectivity index (χ0v) is 21.3. The second-order valence-electron chi connectivity index (χ2n) is 10.2. The number of nitriles is 1. The largest absolute Gasteiger partial charge is 0.328 e. The zero-order chi connectivity index (χ0) is 24.4. The molecule has 0 fully saturated rings. The van der Waals surface area contributed by atoms with Crippen molar-refractivity contribution in [1.82, 2.24) is 0 Å². The summed E-state index contributed by atoms with van der Waals surface area (Å²) >= 11 is 0. The molecule has 0 aromatic heterocycles. The van der Waals surface area contributed by atoms with E-state index in [-0.39, 0.29) is 0 Å².